The first kappa shape index (κ1) is 19.4. The van der Waals surface area contributed by atoms with Gasteiger partial charge in [-0.3, -0.25) is 0 Å². The summed E-state index contributed by atoms with van der Waals surface area (Å²) in [4.78, 5) is 24.5. The van der Waals surface area contributed by atoms with Crippen molar-refractivity contribution >= 4 is 11.9 Å². The van der Waals surface area contributed by atoms with Crippen molar-refractivity contribution in [1.82, 2.24) is 0 Å². The van der Waals surface area contributed by atoms with E-state index in [1.165, 1.54) is 0 Å². The number of hydrogen-bond acceptors (Lipinski definition) is 4. The van der Waals surface area contributed by atoms with Gasteiger partial charge in [0, 0.05) is 5.92 Å². The summed E-state index contributed by atoms with van der Waals surface area (Å²) in [5.41, 5.74) is 1.00. The third-order valence-electron chi connectivity index (χ3n) is 4.10. The Balaban J connectivity index is 2.00. The standard InChI is InChI=1S/C22H24O4/c1-3-11-19(16-25-21(23)17-12-7-5-8-13-17)20(4-2)26-22(24)18-14-9-6-10-15-18/h3,5-10,12-15,19-20H,1,4,11,16H2,2H3. The van der Waals surface area contributed by atoms with Crippen molar-refractivity contribution in [3.05, 3.63) is 84.4 Å². The van der Waals surface area contributed by atoms with E-state index in [-0.39, 0.29) is 30.6 Å². The van der Waals surface area contributed by atoms with Crippen molar-refractivity contribution in [2.24, 2.45) is 5.92 Å². The lowest BCUT2D eigenvalue weighted by atomic mass is 9.97. The Bertz CT molecular complexity index is 709. The van der Waals surface area contributed by atoms with Crippen molar-refractivity contribution in [1.29, 1.82) is 0 Å². The molecule has 0 N–H and O–H groups in total. The smallest absolute Gasteiger partial charge is 0.338 e. The Morgan fingerprint density at radius 3 is 2.00 bits per heavy atom. The highest BCUT2D eigenvalue weighted by atomic mass is 16.6. The summed E-state index contributed by atoms with van der Waals surface area (Å²) in [5, 5.41) is 0. The Hall–Kier alpha value is -2.88. The molecule has 0 saturated heterocycles. The number of carbonyl (C=O) groups is 2. The van der Waals surface area contributed by atoms with Crippen LogP contribution in [0.1, 0.15) is 40.5 Å². The molecule has 0 saturated carbocycles. The molecule has 0 bridgehead atoms. The molecular formula is C22H24O4. The molecule has 0 spiro atoms. The normalized spacial score (nSPS) is 12.7. The van der Waals surface area contributed by atoms with Gasteiger partial charge in [0.05, 0.1) is 17.7 Å². The fourth-order valence-electron chi connectivity index (χ4n) is 2.67. The van der Waals surface area contributed by atoms with Gasteiger partial charge in [0.25, 0.3) is 0 Å². The van der Waals surface area contributed by atoms with Gasteiger partial charge in [0.2, 0.25) is 0 Å². The molecule has 2 aromatic carbocycles. The van der Waals surface area contributed by atoms with Gasteiger partial charge in [-0.15, -0.1) is 6.58 Å². The average Bonchev–Trinajstić information content (AvgIpc) is 2.70. The van der Waals surface area contributed by atoms with E-state index in [4.69, 9.17) is 9.47 Å². The highest BCUT2D eigenvalue weighted by Gasteiger charge is 2.25. The maximum atomic E-state index is 12.3. The molecule has 0 radical (unpaired) electrons. The first-order valence-electron chi connectivity index (χ1n) is 8.74. The number of rotatable bonds is 9. The van der Waals surface area contributed by atoms with E-state index >= 15 is 0 Å². The summed E-state index contributed by atoms with van der Waals surface area (Å²) in [5.74, 6) is -0.900. The van der Waals surface area contributed by atoms with E-state index in [2.05, 4.69) is 6.58 Å². The second-order valence-electron chi connectivity index (χ2n) is 5.97. The van der Waals surface area contributed by atoms with E-state index in [0.29, 0.717) is 24.0 Å². The van der Waals surface area contributed by atoms with Crippen LogP contribution in [-0.4, -0.2) is 24.6 Å². The average molecular weight is 352 g/mol. The van der Waals surface area contributed by atoms with Crippen molar-refractivity contribution in [3.8, 4) is 0 Å². The van der Waals surface area contributed by atoms with Crippen LogP contribution < -0.4 is 0 Å². The van der Waals surface area contributed by atoms with Gasteiger partial charge in [0.1, 0.15) is 6.10 Å². The van der Waals surface area contributed by atoms with Crippen LogP contribution >= 0.6 is 0 Å². The van der Waals surface area contributed by atoms with E-state index in [0.717, 1.165) is 0 Å². The summed E-state index contributed by atoms with van der Waals surface area (Å²) in [6.45, 7) is 5.87. The fourth-order valence-corrected chi connectivity index (χ4v) is 2.67. The summed E-state index contributed by atoms with van der Waals surface area (Å²) < 4.78 is 11.1. The fraction of sp³-hybridized carbons (Fsp3) is 0.273. The van der Waals surface area contributed by atoms with Crippen LogP contribution in [0.4, 0.5) is 0 Å². The number of hydrogen-bond donors (Lipinski definition) is 0. The molecule has 4 nitrogen and oxygen atoms in total. The predicted molar refractivity (Wildman–Crippen MR) is 101 cm³/mol. The molecule has 0 heterocycles. The van der Waals surface area contributed by atoms with E-state index < -0.39 is 0 Å². The van der Waals surface area contributed by atoms with Crippen LogP contribution in [0.15, 0.2) is 73.3 Å². The third kappa shape index (κ3) is 5.59. The van der Waals surface area contributed by atoms with Gasteiger partial charge in [-0.25, -0.2) is 9.59 Å². The first-order chi connectivity index (χ1) is 12.7. The molecule has 2 aromatic rings. The zero-order valence-corrected chi connectivity index (χ0v) is 15.0. The second kappa shape index (κ2) is 10.2. The minimum atomic E-state index is -0.385. The molecule has 0 aliphatic heterocycles. The SMILES string of the molecule is C=CCC(COC(=O)c1ccccc1)C(CC)OC(=O)c1ccccc1. The molecule has 0 fully saturated rings. The molecule has 136 valence electrons. The maximum Gasteiger partial charge on any atom is 0.338 e. The van der Waals surface area contributed by atoms with Crippen LogP contribution in [0.5, 0.6) is 0 Å². The van der Waals surface area contributed by atoms with Gasteiger partial charge in [-0.2, -0.15) is 0 Å². The topological polar surface area (TPSA) is 52.6 Å². The third-order valence-corrected chi connectivity index (χ3v) is 4.10. The van der Waals surface area contributed by atoms with Gasteiger partial charge < -0.3 is 9.47 Å². The molecule has 2 atom stereocenters. The lowest BCUT2D eigenvalue weighted by Gasteiger charge is -2.25. The van der Waals surface area contributed by atoms with Gasteiger partial charge in [-0.1, -0.05) is 49.4 Å². The molecule has 26 heavy (non-hydrogen) atoms. The maximum absolute atomic E-state index is 12.3. The zero-order chi connectivity index (χ0) is 18.8. The van der Waals surface area contributed by atoms with E-state index in [9.17, 15) is 9.59 Å². The summed E-state index contributed by atoms with van der Waals surface area (Å²) in [6.07, 6.45) is 2.60. The Labute approximate surface area is 154 Å². The number of carbonyl (C=O) groups excluding carboxylic acids is 2. The number of allylic oxidation sites excluding steroid dienone is 1. The van der Waals surface area contributed by atoms with Crippen LogP contribution in [-0.2, 0) is 9.47 Å². The Morgan fingerprint density at radius 2 is 1.50 bits per heavy atom. The van der Waals surface area contributed by atoms with Crippen molar-refractivity contribution in [2.75, 3.05) is 6.61 Å². The highest BCUT2D eigenvalue weighted by molar-refractivity contribution is 5.89. The largest absolute Gasteiger partial charge is 0.462 e. The second-order valence-corrected chi connectivity index (χ2v) is 5.97. The molecular weight excluding hydrogens is 328 g/mol. The zero-order valence-electron chi connectivity index (χ0n) is 15.0. The quantitative estimate of drug-likeness (QED) is 0.486. The van der Waals surface area contributed by atoms with Crippen LogP contribution in [0.2, 0.25) is 0 Å². The minimum absolute atomic E-state index is 0.141. The Morgan fingerprint density at radius 1 is 0.962 bits per heavy atom. The van der Waals surface area contributed by atoms with Gasteiger partial charge >= 0.3 is 11.9 Å². The van der Waals surface area contributed by atoms with Crippen molar-refractivity contribution in [3.63, 3.8) is 0 Å². The van der Waals surface area contributed by atoms with Crippen LogP contribution in [0.25, 0.3) is 0 Å². The molecule has 0 aliphatic carbocycles. The van der Waals surface area contributed by atoms with Gasteiger partial charge in [0.15, 0.2) is 0 Å². The predicted octanol–water partition coefficient (Wildman–Crippen LogP) is 4.67. The van der Waals surface area contributed by atoms with E-state index in [1.807, 2.05) is 19.1 Å². The molecule has 0 aliphatic rings. The highest BCUT2D eigenvalue weighted by Crippen LogP contribution is 2.19. The lowest BCUT2D eigenvalue weighted by molar-refractivity contribution is -0.00476. The van der Waals surface area contributed by atoms with Gasteiger partial charge in [-0.05, 0) is 37.1 Å². The molecule has 0 aromatic heterocycles. The van der Waals surface area contributed by atoms with Crippen molar-refractivity contribution in [2.45, 2.75) is 25.9 Å². The molecule has 2 rings (SSSR count). The minimum Gasteiger partial charge on any atom is -0.462 e. The summed E-state index contributed by atoms with van der Waals surface area (Å²) >= 11 is 0. The summed E-state index contributed by atoms with van der Waals surface area (Å²) in [7, 11) is 0. The Kier molecular flexibility index (Phi) is 7.62. The van der Waals surface area contributed by atoms with Crippen molar-refractivity contribution < 1.29 is 19.1 Å². The van der Waals surface area contributed by atoms with Crippen LogP contribution in [0.3, 0.4) is 0 Å². The summed E-state index contributed by atoms with van der Waals surface area (Å²) in [6, 6.07) is 17.7. The van der Waals surface area contributed by atoms with E-state index in [1.54, 1.807) is 54.6 Å². The molecule has 4 heteroatoms. The number of esters is 2. The van der Waals surface area contributed by atoms with Crippen LogP contribution in [0, 0.1) is 5.92 Å². The first-order valence-corrected chi connectivity index (χ1v) is 8.74. The lowest BCUT2D eigenvalue weighted by Crippen LogP contribution is -2.30. The molecule has 2 unspecified atom stereocenters. The number of ether oxygens (including phenoxy) is 2. The number of benzene rings is 2. The molecule has 0 amide bonds. The monoisotopic (exact) mass is 352 g/mol.